The van der Waals surface area contributed by atoms with E-state index in [1.165, 1.54) is 5.56 Å². The van der Waals surface area contributed by atoms with Crippen molar-refractivity contribution in [3.05, 3.63) is 140 Å². The zero-order valence-corrected chi connectivity index (χ0v) is 30.4. The first-order valence-corrected chi connectivity index (χ1v) is 13.0. The first-order chi connectivity index (χ1) is 18.5. The molecule has 222 valence electrons. The van der Waals surface area contributed by atoms with Crippen LogP contribution in [0.25, 0.3) is 11.3 Å². The predicted octanol–water partition coefficient (Wildman–Crippen LogP) is -4.11. The molecule has 0 bridgehead atoms. The maximum Gasteiger partial charge on any atom is 1.00 e. The molecule has 7 nitrogen and oxygen atoms in total. The molecule has 42 heavy (non-hydrogen) atoms. The Kier molecular flexibility index (Phi) is 24.0. The molecule has 0 N–H and O–H groups in total. The van der Waals surface area contributed by atoms with Crippen molar-refractivity contribution in [1.29, 1.82) is 0 Å². The Morgan fingerprint density at radius 1 is 0.738 bits per heavy atom. The van der Waals surface area contributed by atoms with Gasteiger partial charge in [0.15, 0.2) is 5.71 Å². The van der Waals surface area contributed by atoms with Crippen molar-refractivity contribution in [3.8, 4) is 0 Å². The standard InChI is InChI=1S/C27H27N2O.2C2H4.ClHO4.HI.Na.H2S/c1-28(2)24-14-10-21(11-15-24)26-18-23(20-8-6-5-7-9-20)19-27(30-26)22-12-16-25(17-13-22)29(3)4;2*1-2;2-1(3,4)5;;;/h5-19H,1-4H3;2*1-2H2;(H,2,3,4,5);1H;;1H2/q+1;;;;;+1;/p-3. The van der Waals surface area contributed by atoms with E-state index in [4.69, 9.17) is 23.4 Å². The van der Waals surface area contributed by atoms with Gasteiger partial charge in [0.1, 0.15) is 25.6 Å². The summed E-state index contributed by atoms with van der Waals surface area (Å²) in [7, 11) is 3.24. The molecule has 0 spiro atoms. The van der Waals surface area contributed by atoms with Crippen molar-refractivity contribution in [1.82, 2.24) is 0 Å². The van der Waals surface area contributed by atoms with Gasteiger partial charge in [-0.15, -0.1) is 36.6 Å². The second-order valence-electron chi connectivity index (χ2n) is 8.20. The second-order valence-corrected chi connectivity index (χ2v) is 8.96. The zero-order chi connectivity index (χ0) is 29.6. The summed E-state index contributed by atoms with van der Waals surface area (Å²) in [5, 5.41) is 0. The van der Waals surface area contributed by atoms with Crippen LogP contribution in [0.2, 0.25) is 0 Å². The molecular weight excluding hydrogens is 698 g/mol. The molecule has 0 aromatic heterocycles. The molecule has 0 saturated carbocycles. The van der Waals surface area contributed by atoms with Gasteiger partial charge in [-0.2, -0.15) is 0 Å². The number of hydrogen-bond acceptors (Lipinski definition) is 7. The van der Waals surface area contributed by atoms with Gasteiger partial charge in [-0.05, 0) is 59.7 Å². The van der Waals surface area contributed by atoms with Crippen LogP contribution in [-0.4, -0.2) is 38.5 Å². The number of allylic oxidation sites excluding steroid dienone is 8. The van der Waals surface area contributed by atoms with E-state index in [0.29, 0.717) is 0 Å². The predicted molar refractivity (Wildman–Crippen MR) is 158 cm³/mol. The number of anilines is 1. The monoisotopic (exact) mass is 733 g/mol. The largest absolute Gasteiger partial charge is 1.00 e. The number of thiol groups is 1. The molecule has 2 aliphatic rings. The molecule has 11 heteroatoms. The molecule has 1 aliphatic heterocycles. The maximum atomic E-state index is 8.49. The number of ether oxygens (including phenoxy) is 1. The normalized spacial score (nSPS) is 12.7. The number of hydrogen-bond donors (Lipinski definition) is 0. The Morgan fingerprint density at radius 3 is 1.64 bits per heavy atom. The minimum Gasteiger partial charge on any atom is -1.00 e. The summed E-state index contributed by atoms with van der Waals surface area (Å²) < 4.78 is 42.5. The van der Waals surface area contributed by atoms with Crippen molar-refractivity contribution >= 4 is 36.2 Å². The molecule has 1 aliphatic carbocycles. The summed E-state index contributed by atoms with van der Waals surface area (Å²) >= 11 is 0. The van der Waals surface area contributed by atoms with Gasteiger partial charge in [0.2, 0.25) is 0 Å². The van der Waals surface area contributed by atoms with Gasteiger partial charge in [-0.1, -0.05) is 30.3 Å². The first kappa shape index (κ1) is 44.5. The molecule has 2 aromatic rings. The van der Waals surface area contributed by atoms with Gasteiger partial charge >= 0.3 is 29.6 Å². The van der Waals surface area contributed by atoms with Crippen molar-refractivity contribution in [2.45, 2.75) is 0 Å². The van der Waals surface area contributed by atoms with Gasteiger partial charge in [-0.25, -0.2) is 23.2 Å². The Bertz CT molecular complexity index is 1260. The van der Waals surface area contributed by atoms with E-state index in [-0.39, 0.29) is 67.0 Å². The van der Waals surface area contributed by atoms with Gasteiger partial charge in [-0.3, -0.25) is 0 Å². The van der Waals surface area contributed by atoms with E-state index in [1.54, 1.807) is 0 Å². The molecule has 4 rings (SSSR count). The number of rotatable bonds is 3. The molecule has 0 atom stereocenters. The van der Waals surface area contributed by atoms with E-state index >= 15 is 0 Å². The quantitative estimate of drug-likeness (QED) is 0.0789. The SMILES string of the molecule is C=C.C=C.CN(C)c1ccc(C2=CC(c3ccccc3)=CC(=C3C=CC(=[N+](C)C)C=C3)O2)cc1.[I-].[Na+].[O-][Cl+3]([O-])([O-])[O-].[SH-]. The zero-order valence-electron chi connectivity index (χ0n) is 24.6. The van der Waals surface area contributed by atoms with Gasteiger partial charge in [0, 0.05) is 43.1 Å². The van der Waals surface area contributed by atoms with Crippen LogP contribution < -0.4 is 77.1 Å². The van der Waals surface area contributed by atoms with Gasteiger partial charge < -0.3 is 47.1 Å². The number of halogens is 2. The summed E-state index contributed by atoms with van der Waals surface area (Å²) in [5.74, 6) is 1.71. The Hall–Kier alpha value is -1.90. The fraction of sp³-hybridized carbons (Fsp3) is 0.129. The number of benzene rings is 2. The van der Waals surface area contributed by atoms with Gasteiger partial charge in [0.05, 0.1) is 0 Å². The minimum absolute atomic E-state index is 0. The Morgan fingerprint density at radius 2 is 1.21 bits per heavy atom. The summed E-state index contributed by atoms with van der Waals surface area (Å²) in [4.78, 5) is 2.10. The third kappa shape index (κ3) is 15.5. The average Bonchev–Trinajstić information content (AvgIpc) is 2.94. The summed E-state index contributed by atoms with van der Waals surface area (Å²) in [5.41, 5.74) is 6.76. The third-order valence-electron chi connectivity index (χ3n) is 5.24. The Balaban J connectivity index is -0.00000113. The third-order valence-corrected chi connectivity index (χ3v) is 5.24. The molecule has 0 amide bonds. The van der Waals surface area contributed by atoms with Crippen molar-refractivity contribution < 1.29 is 91.7 Å². The molecule has 0 unspecified atom stereocenters. The van der Waals surface area contributed by atoms with E-state index in [2.05, 4.69) is 121 Å². The fourth-order valence-corrected chi connectivity index (χ4v) is 3.43. The van der Waals surface area contributed by atoms with Crippen LogP contribution in [0.3, 0.4) is 0 Å². The van der Waals surface area contributed by atoms with Crippen molar-refractivity contribution in [3.63, 3.8) is 0 Å². The maximum absolute atomic E-state index is 8.49. The molecule has 0 fully saturated rings. The van der Waals surface area contributed by atoms with Crippen LogP contribution in [0.5, 0.6) is 0 Å². The molecular formula is C31H36ClIN2NaO5S-. The first-order valence-electron chi connectivity index (χ1n) is 11.7. The summed E-state index contributed by atoms with van der Waals surface area (Å²) in [6, 6.07) is 18.9. The van der Waals surface area contributed by atoms with E-state index < -0.39 is 10.2 Å². The Labute approximate surface area is 298 Å². The van der Waals surface area contributed by atoms with E-state index in [1.807, 2.05) is 34.3 Å². The van der Waals surface area contributed by atoms with Crippen LogP contribution in [0.15, 0.2) is 129 Å². The molecule has 1 heterocycles. The smallest absolute Gasteiger partial charge is 1.00 e. The van der Waals surface area contributed by atoms with Crippen LogP contribution in [0, 0.1) is 10.2 Å². The summed E-state index contributed by atoms with van der Waals surface area (Å²) in [6.45, 7) is 12.0. The van der Waals surface area contributed by atoms with Crippen LogP contribution in [-0.2, 0) is 18.2 Å². The van der Waals surface area contributed by atoms with Gasteiger partial charge in [0.25, 0.3) is 0 Å². The van der Waals surface area contributed by atoms with Crippen LogP contribution >= 0.6 is 0 Å². The van der Waals surface area contributed by atoms with Crippen LogP contribution in [0.4, 0.5) is 5.69 Å². The number of nitrogens with zero attached hydrogens (tertiary/aromatic N) is 2. The van der Waals surface area contributed by atoms with Crippen molar-refractivity contribution in [2.75, 3.05) is 33.1 Å². The molecule has 2 aromatic carbocycles. The second kappa shape index (κ2) is 22.6. The van der Waals surface area contributed by atoms with E-state index in [0.717, 1.165) is 39.6 Å². The fourth-order valence-electron chi connectivity index (χ4n) is 3.43. The topological polar surface area (TPSA) is 108 Å². The van der Waals surface area contributed by atoms with Crippen molar-refractivity contribution in [2.24, 2.45) is 0 Å². The van der Waals surface area contributed by atoms with Crippen LogP contribution in [0.1, 0.15) is 11.1 Å². The average molecular weight is 734 g/mol. The van der Waals surface area contributed by atoms with E-state index in [9.17, 15) is 0 Å². The summed E-state index contributed by atoms with van der Waals surface area (Å²) in [6.07, 6.45) is 12.7. The minimum atomic E-state index is -4.94. The molecule has 0 saturated heterocycles. The molecule has 0 radical (unpaired) electrons.